The molecular formula is C11H18N2O5S. The van der Waals surface area contributed by atoms with E-state index in [1.807, 2.05) is 6.92 Å². The van der Waals surface area contributed by atoms with E-state index in [2.05, 4.69) is 10.1 Å². The van der Waals surface area contributed by atoms with Crippen LogP contribution in [0, 0.1) is 0 Å². The van der Waals surface area contributed by atoms with Gasteiger partial charge in [-0.3, -0.25) is 9.69 Å². The molecule has 1 heterocycles. The van der Waals surface area contributed by atoms with Crippen LogP contribution >= 0.6 is 11.8 Å². The van der Waals surface area contributed by atoms with E-state index in [0.717, 1.165) is 12.8 Å². The summed E-state index contributed by atoms with van der Waals surface area (Å²) in [7, 11) is 1.22. The number of hydrogen-bond donors (Lipinski definition) is 2. The second-order valence-electron chi connectivity index (χ2n) is 4.07. The highest BCUT2D eigenvalue weighted by atomic mass is 32.2. The minimum atomic E-state index is -1.03. The van der Waals surface area contributed by atoms with Gasteiger partial charge in [0.2, 0.25) is 0 Å². The van der Waals surface area contributed by atoms with E-state index in [4.69, 9.17) is 5.11 Å². The highest BCUT2D eigenvalue weighted by Gasteiger charge is 2.41. The number of nitrogens with one attached hydrogen (secondary N) is 1. The molecule has 0 aromatic rings. The number of hydrogen-bond acceptors (Lipinski definition) is 5. The summed E-state index contributed by atoms with van der Waals surface area (Å²) in [5.41, 5.74) is 0. The Morgan fingerprint density at radius 1 is 1.47 bits per heavy atom. The van der Waals surface area contributed by atoms with Crippen molar-refractivity contribution in [3.8, 4) is 0 Å². The van der Waals surface area contributed by atoms with Crippen LogP contribution in [0.1, 0.15) is 19.8 Å². The Morgan fingerprint density at radius 2 is 2.16 bits per heavy atom. The first-order valence-corrected chi connectivity index (χ1v) is 7.03. The van der Waals surface area contributed by atoms with Gasteiger partial charge in [0, 0.05) is 5.75 Å². The average molecular weight is 290 g/mol. The first-order valence-electron chi connectivity index (χ1n) is 5.98. The maximum atomic E-state index is 12.0. The fourth-order valence-corrected chi connectivity index (χ4v) is 3.32. The number of rotatable bonds is 5. The summed E-state index contributed by atoms with van der Waals surface area (Å²) in [6, 6.07) is -1.39. The quantitative estimate of drug-likeness (QED) is 0.716. The summed E-state index contributed by atoms with van der Waals surface area (Å²) in [6.45, 7) is 1.71. The molecule has 0 aromatic carbocycles. The molecule has 2 amide bonds. The van der Waals surface area contributed by atoms with Crippen molar-refractivity contribution in [3.05, 3.63) is 0 Å². The Balaban J connectivity index is 2.69. The van der Waals surface area contributed by atoms with E-state index in [-0.39, 0.29) is 11.9 Å². The standard InChI is InChI=1S/C11H18N2O5S/c1-3-4-8-13(7(6-19-8)10(15)16)11(17)12-5-9(14)18-2/h7-8H,3-6H2,1-2H3,(H,12,17)(H,15,16). The zero-order valence-electron chi connectivity index (χ0n) is 10.9. The zero-order chi connectivity index (χ0) is 14.4. The molecule has 108 valence electrons. The molecule has 2 atom stereocenters. The summed E-state index contributed by atoms with van der Waals surface area (Å²) in [5.74, 6) is -1.23. The number of thioether (sulfide) groups is 1. The van der Waals surface area contributed by atoms with E-state index in [1.54, 1.807) is 0 Å². The fourth-order valence-electron chi connectivity index (χ4n) is 1.81. The SMILES string of the molecule is CCCC1SCC(C(=O)O)N1C(=O)NCC(=O)OC. The molecule has 0 aromatic heterocycles. The molecule has 1 saturated heterocycles. The molecule has 8 heteroatoms. The number of aliphatic carboxylic acids is 1. The molecular weight excluding hydrogens is 272 g/mol. The van der Waals surface area contributed by atoms with Crippen LogP contribution in [-0.2, 0) is 14.3 Å². The number of carbonyl (C=O) groups is 3. The number of esters is 1. The molecule has 0 spiro atoms. The van der Waals surface area contributed by atoms with E-state index in [9.17, 15) is 14.4 Å². The Bertz CT molecular complexity index is 363. The van der Waals surface area contributed by atoms with Gasteiger partial charge in [-0.15, -0.1) is 11.8 Å². The van der Waals surface area contributed by atoms with Crippen molar-refractivity contribution in [2.45, 2.75) is 31.2 Å². The molecule has 0 aliphatic carbocycles. The third-order valence-electron chi connectivity index (χ3n) is 2.76. The average Bonchev–Trinajstić information content (AvgIpc) is 2.80. The van der Waals surface area contributed by atoms with Gasteiger partial charge in [-0.05, 0) is 6.42 Å². The third-order valence-corrected chi connectivity index (χ3v) is 4.12. The Morgan fingerprint density at radius 3 is 2.68 bits per heavy atom. The van der Waals surface area contributed by atoms with Crippen molar-refractivity contribution in [2.24, 2.45) is 0 Å². The molecule has 2 unspecified atom stereocenters. The highest BCUT2D eigenvalue weighted by molar-refractivity contribution is 8.00. The summed E-state index contributed by atoms with van der Waals surface area (Å²) < 4.78 is 4.42. The molecule has 2 N–H and O–H groups in total. The van der Waals surface area contributed by atoms with Gasteiger partial charge in [0.1, 0.15) is 12.6 Å². The molecule has 0 radical (unpaired) electrons. The lowest BCUT2D eigenvalue weighted by atomic mass is 10.2. The van der Waals surface area contributed by atoms with E-state index in [0.29, 0.717) is 5.75 Å². The van der Waals surface area contributed by atoms with Gasteiger partial charge in [-0.2, -0.15) is 0 Å². The number of ether oxygens (including phenoxy) is 1. The van der Waals surface area contributed by atoms with Gasteiger partial charge < -0.3 is 15.2 Å². The molecule has 1 aliphatic rings. The van der Waals surface area contributed by atoms with Crippen molar-refractivity contribution in [1.29, 1.82) is 0 Å². The smallest absolute Gasteiger partial charge is 0.327 e. The van der Waals surface area contributed by atoms with Gasteiger partial charge in [0.25, 0.3) is 0 Å². The molecule has 1 rings (SSSR count). The van der Waals surface area contributed by atoms with E-state index >= 15 is 0 Å². The molecule has 7 nitrogen and oxygen atoms in total. The molecule has 0 saturated carbocycles. The van der Waals surface area contributed by atoms with Crippen LogP contribution in [0.3, 0.4) is 0 Å². The number of carboxylic acids is 1. The predicted molar refractivity (Wildman–Crippen MR) is 69.8 cm³/mol. The van der Waals surface area contributed by atoms with Crippen LogP contribution in [-0.4, -0.2) is 58.8 Å². The van der Waals surface area contributed by atoms with Crippen molar-refractivity contribution >= 4 is 29.7 Å². The first kappa shape index (κ1) is 15.6. The zero-order valence-corrected chi connectivity index (χ0v) is 11.7. The highest BCUT2D eigenvalue weighted by Crippen LogP contribution is 2.32. The van der Waals surface area contributed by atoms with Gasteiger partial charge in [-0.1, -0.05) is 13.3 Å². The van der Waals surface area contributed by atoms with Crippen LogP contribution < -0.4 is 5.32 Å². The van der Waals surface area contributed by atoms with Crippen molar-refractivity contribution in [1.82, 2.24) is 10.2 Å². The lowest BCUT2D eigenvalue weighted by Gasteiger charge is -2.27. The van der Waals surface area contributed by atoms with Crippen molar-refractivity contribution in [2.75, 3.05) is 19.4 Å². The molecule has 1 aliphatic heterocycles. The normalized spacial score (nSPS) is 22.1. The Labute approximate surface area is 115 Å². The number of carboxylic acid groups (broad SMARTS) is 1. The Hall–Kier alpha value is -1.44. The maximum absolute atomic E-state index is 12.0. The number of carbonyl (C=O) groups excluding carboxylic acids is 2. The largest absolute Gasteiger partial charge is 0.480 e. The van der Waals surface area contributed by atoms with Crippen LogP contribution in [0.15, 0.2) is 0 Å². The predicted octanol–water partition coefficient (Wildman–Crippen LogP) is 0.497. The molecule has 1 fully saturated rings. The minimum absolute atomic E-state index is 0.163. The van der Waals surface area contributed by atoms with Crippen LogP contribution in [0.5, 0.6) is 0 Å². The number of amides is 2. The van der Waals surface area contributed by atoms with E-state index < -0.39 is 24.0 Å². The van der Waals surface area contributed by atoms with Gasteiger partial charge >= 0.3 is 18.0 Å². The fraction of sp³-hybridized carbons (Fsp3) is 0.727. The first-order chi connectivity index (χ1) is 9.01. The van der Waals surface area contributed by atoms with Crippen LogP contribution in [0.2, 0.25) is 0 Å². The second-order valence-corrected chi connectivity index (χ2v) is 5.28. The van der Waals surface area contributed by atoms with Gasteiger partial charge in [0.05, 0.1) is 12.5 Å². The number of methoxy groups -OCH3 is 1. The summed E-state index contributed by atoms with van der Waals surface area (Å²) in [6.07, 6.45) is 1.57. The number of urea groups is 1. The van der Waals surface area contributed by atoms with Gasteiger partial charge in [-0.25, -0.2) is 9.59 Å². The summed E-state index contributed by atoms with van der Waals surface area (Å²) in [4.78, 5) is 35.4. The maximum Gasteiger partial charge on any atom is 0.327 e. The van der Waals surface area contributed by atoms with Gasteiger partial charge in [0.15, 0.2) is 0 Å². The Kier molecular flexibility index (Phi) is 5.94. The topological polar surface area (TPSA) is 95.9 Å². The summed E-state index contributed by atoms with van der Waals surface area (Å²) >= 11 is 1.45. The lowest BCUT2D eigenvalue weighted by molar-refractivity contribution is -0.141. The van der Waals surface area contributed by atoms with Crippen molar-refractivity contribution < 1.29 is 24.2 Å². The lowest BCUT2D eigenvalue weighted by Crippen LogP contribution is -2.51. The third kappa shape index (κ3) is 4.02. The number of nitrogens with zero attached hydrogens (tertiary/aromatic N) is 1. The van der Waals surface area contributed by atoms with Crippen LogP contribution in [0.4, 0.5) is 4.79 Å². The van der Waals surface area contributed by atoms with E-state index in [1.165, 1.54) is 23.8 Å². The summed E-state index contributed by atoms with van der Waals surface area (Å²) in [5, 5.41) is 11.3. The monoisotopic (exact) mass is 290 g/mol. The molecule has 0 bridgehead atoms. The van der Waals surface area contributed by atoms with Crippen molar-refractivity contribution in [3.63, 3.8) is 0 Å². The molecule has 19 heavy (non-hydrogen) atoms. The van der Waals surface area contributed by atoms with Crippen LogP contribution in [0.25, 0.3) is 0 Å². The second kappa shape index (κ2) is 7.22. The minimum Gasteiger partial charge on any atom is -0.480 e.